The molecule has 152 valence electrons. The monoisotopic (exact) mass is 392 g/mol. The number of hydrogen-bond donors (Lipinski definition) is 0. The Labute approximate surface area is 172 Å². The van der Waals surface area contributed by atoms with Crippen molar-refractivity contribution in [3.63, 3.8) is 0 Å². The van der Waals surface area contributed by atoms with E-state index < -0.39 is 5.60 Å². The van der Waals surface area contributed by atoms with Crippen LogP contribution in [0.15, 0.2) is 36.4 Å². The lowest BCUT2D eigenvalue weighted by molar-refractivity contribution is -0.00575. The molecule has 5 nitrogen and oxygen atoms in total. The molecule has 0 aromatic heterocycles. The summed E-state index contributed by atoms with van der Waals surface area (Å²) in [6.45, 7) is 5.25. The summed E-state index contributed by atoms with van der Waals surface area (Å²) < 4.78 is 6.38. The Morgan fingerprint density at radius 1 is 1.03 bits per heavy atom. The minimum Gasteiger partial charge on any atom is -0.486 e. The van der Waals surface area contributed by atoms with Gasteiger partial charge in [0.25, 0.3) is 5.91 Å². The van der Waals surface area contributed by atoms with E-state index in [0.717, 1.165) is 16.8 Å². The van der Waals surface area contributed by atoms with Gasteiger partial charge >= 0.3 is 0 Å². The number of ether oxygens (including phenoxy) is 1. The van der Waals surface area contributed by atoms with E-state index in [4.69, 9.17) is 4.74 Å². The fourth-order valence-electron chi connectivity index (χ4n) is 4.23. The van der Waals surface area contributed by atoms with Crippen molar-refractivity contribution in [3.05, 3.63) is 58.7 Å². The summed E-state index contributed by atoms with van der Waals surface area (Å²) in [6.07, 6.45) is 1.74. The van der Waals surface area contributed by atoms with Crippen molar-refractivity contribution in [2.24, 2.45) is 0 Å². The smallest absolute Gasteiger partial charge is 0.253 e. The first-order valence-corrected chi connectivity index (χ1v) is 10.2. The molecular formula is C24H28N2O3. The predicted octanol–water partition coefficient (Wildman–Crippen LogP) is 4.01. The molecule has 2 aromatic rings. The second-order valence-electron chi connectivity index (χ2n) is 8.55. The van der Waals surface area contributed by atoms with Crippen molar-refractivity contribution in [1.82, 2.24) is 4.90 Å². The molecule has 0 saturated carbocycles. The lowest BCUT2D eigenvalue weighted by atomic mass is 9.81. The first-order chi connectivity index (χ1) is 13.8. The number of amides is 1. The molecule has 1 fully saturated rings. The number of hydrogen-bond acceptors (Lipinski definition) is 4. The topological polar surface area (TPSA) is 49.9 Å². The Morgan fingerprint density at radius 2 is 1.66 bits per heavy atom. The molecule has 29 heavy (non-hydrogen) atoms. The highest BCUT2D eigenvalue weighted by Gasteiger charge is 2.43. The number of aryl methyl sites for hydroxylation is 2. The maximum absolute atomic E-state index is 12.9. The van der Waals surface area contributed by atoms with E-state index in [0.29, 0.717) is 49.2 Å². The minimum atomic E-state index is -0.489. The molecule has 0 radical (unpaired) electrons. The van der Waals surface area contributed by atoms with Gasteiger partial charge in [0.1, 0.15) is 11.4 Å². The summed E-state index contributed by atoms with van der Waals surface area (Å²) in [6, 6.07) is 11.6. The van der Waals surface area contributed by atoms with Gasteiger partial charge in [-0.1, -0.05) is 0 Å². The van der Waals surface area contributed by atoms with Crippen LogP contribution in [-0.2, 0) is 0 Å². The zero-order valence-corrected chi connectivity index (χ0v) is 17.6. The Hall–Kier alpha value is -2.82. The zero-order chi connectivity index (χ0) is 20.8. The molecule has 0 bridgehead atoms. The van der Waals surface area contributed by atoms with Crippen LogP contribution in [0.5, 0.6) is 5.75 Å². The zero-order valence-electron chi connectivity index (χ0n) is 17.6. The molecule has 2 aliphatic rings. The summed E-state index contributed by atoms with van der Waals surface area (Å²) in [5.41, 5.74) is 4.20. The van der Waals surface area contributed by atoms with Gasteiger partial charge in [0.15, 0.2) is 5.78 Å². The molecule has 1 saturated heterocycles. The lowest BCUT2D eigenvalue weighted by Crippen LogP contribution is -2.52. The number of carbonyl (C=O) groups excluding carboxylic acids is 2. The predicted molar refractivity (Wildman–Crippen MR) is 114 cm³/mol. The van der Waals surface area contributed by atoms with E-state index in [-0.39, 0.29) is 11.7 Å². The van der Waals surface area contributed by atoms with Crippen molar-refractivity contribution in [2.45, 2.75) is 38.7 Å². The molecule has 0 unspecified atom stereocenters. The molecule has 0 N–H and O–H groups in total. The average molecular weight is 392 g/mol. The van der Waals surface area contributed by atoms with Crippen LogP contribution in [-0.4, -0.2) is 49.4 Å². The number of ketones is 1. The number of nitrogens with zero attached hydrogens (tertiary/aromatic N) is 2. The number of Topliss-reactive ketones (excluding diaryl/α,β-unsaturated/α-hetero) is 1. The Balaban J connectivity index is 1.47. The van der Waals surface area contributed by atoms with Crippen LogP contribution in [0.3, 0.4) is 0 Å². The van der Waals surface area contributed by atoms with E-state index >= 15 is 0 Å². The van der Waals surface area contributed by atoms with E-state index in [1.54, 1.807) is 0 Å². The van der Waals surface area contributed by atoms with Crippen molar-refractivity contribution in [3.8, 4) is 5.75 Å². The lowest BCUT2D eigenvalue weighted by Gasteiger charge is -2.44. The summed E-state index contributed by atoms with van der Waals surface area (Å²) in [5, 5.41) is 0. The highest BCUT2D eigenvalue weighted by Crippen LogP contribution is 2.40. The molecule has 4 rings (SSSR count). The first-order valence-electron chi connectivity index (χ1n) is 10.2. The van der Waals surface area contributed by atoms with Gasteiger partial charge in [-0.2, -0.15) is 0 Å². The molecule has 0 aliphatic carbocycles. The van der Waals surface area contributed by atoms with Crippen LogP contribution < -0.4 is 9.64 Å². The van der Waals surface area contributed by atoms with E-state index in [1.165, 1.54) is 0 Å². The molecule has 2 aliphatic heterocycles. The van der Waals surface area contributed by atoms with Crippen molar-refractivity contribution in [2.75, 3.05) is 32.1 Å². The summed E-state index contributed by atoms with van der Waals surface area (Å²) >= 11 is 0. The van der Waals surface area contributed by atoms with Gasteiger partial charge in [0.2, 0.25) is 0 Å². The number of rotatable bonds is 2. The second kappa shape index (κ2) is 7.21. The number of likely N-dealkylation sites (tertiary alicyclic amines) is 1. The summed E-state index contributed by atoms with van der Waals surface area (Å²) in [4.78, 5) is 29.6. The molecule has 0 atom stereocenters. The number of carbonyl (C=O) groups is 2. The highest BCUT2D eigenvalue weighted by molar-refractivity contribution is 6.00. The maximum atomic E-state index is 12.9. The van der Waals surface area contributed by atoms with Crippen molar-refractivity contribution in [1.29, 1.82) is 0 Å². The first kappa shape index (κ1) is 19.5. The van der Waals surface area contributed by atoms with Crippen LogP contribution in [0.1, 0.15) is 51.1 Å². The quantitative estimate of drug-likeness (QED) is 0.775. The average Bonchev–Trinajstić information content (AvgIpc) is 2.70. The van der Waals surface area contributed by atoms with Gasteiger partial charge in [-0.05, 0) is 61.4 Å². The maximum Gasteiger partial charge on any atom is 0.253 e. The van der Waals surface area contributed by atoms with Crippen LogP contribution >= 0.6 is 0 Å². The van der Waals surface area contributed by atoms with E-state index in [1.807, 2.05) is 74.1 Å². The van der Waals surface area contributed by atoms with Gasteiger partial charge < -0.3 is 14.5 Å². The Bertz CT molecular complexity index is 955. The standard InChI is InChI=1S/C24H28N2O3/c1-16-13-20-21(27)15-24(29-22(20)14-17(16)2)9-11-26(12-10-24)23(28)18-5-7-19(8-6-18)25(3)4/h5-8,13-14H,9-12,15H2,1-4H3. The van der Waals surface area contributed by atoms with Crippen molar-refractivity contribution >= 4 is 17.4 Å². The van der Waals surface area contributed by atoms with E-state index in [9.17, 15) is 9.59 Å². The molecule has 2 aromatic carbocycles. The molecular weight excluding hydrogens is 364 g/mol. The number of piperidine rings is 1. The molecule has 1 spiro atoms. The van der Waals surface area contributed by atoms with Gasteiger partial charge in [-0.3, -0.25) is 9.59 Å². The molecule has 2 heterocycles. The third kappa shape index (κ3) is 3.61. The molecule has 1 amide bonds. The van der Waals surface area contributed by atoms with Gasteiger partial charge in [0.05, 0.1) is 12.0 Å². The fourth-order valence-corrected chi connectivity index (χ4v) is 4.23. The van der Waals surface area contributed by atoms with Crippen LogP contribution in [0, 0.1) is 13.8 Å². The largest absolute Gasteiger partial charge is 0.486 e. The highest BCUT2D eigenvalue weighted by atomic mass is 16.5. The third-order valence-corrected chi connectivity index (χ3v) is 6.30. The SMILES string of the molecule is Cc1cc2c(cc1C)C(=O)CC1(CCN(C(=O)c3ccc(N(C)C)cc3)CC1)O2. The van der Waals surface area contributed by atoms with Crippen molar-refractivity contribution < 1.29 is 14.3 Å². The number of fused-ring (bicyclic) bond motifs is 1. The van der Waals surface area contributed by atoms with E-state index in [2.05, 4.69) is 0 Å². The van der Waals surface area contributed by atoms with Gasteiger partial charge in [-0.15, -0.1) is 0 Å². The van der Waals surface area contributed by atoms with Gasteiger partial charge in [0, 0.05) is 51.3 Å². The Morgan fingerprint density at radius 3 is 2.28 bits per heavy atom. The summed E-state index contributed by atoms with van der Waals surface area (Å²) in [7, 11) is 3.96. The van der Waals surface area contributed by atoms with Crippen LogP contribution in [0.4, 0.5) is 5.69 Å². The third-order valence-electron chi connectivity index (χ3n) is 6.30. The van der Waals surface area contributed by atoms with Crippen LogP contribution in [0.2, 0.25) is 0 Å². The minimum absolute atomic E-state index is 0.0409. The second-order valence-corrected chi connectivity index (χ2v) is 8.55. The number of benzene rings is 2. The normalized spacial score (nSPS) is 17.7. The number of anilines is 1. The summed E-state index contributed by atoms with van der Waals surface area (Å²) in [5.74, 6) is 0.885. The van der Waals surface area contributed by atoms with Crippen LogP contribution in [0.25, 0.3) is 0 Å². The fraction of sp³-hybridized carbons (Fsp3) is 0.417. The Kier molecular flexibility index (Phi) is 4.85. The van der Waals surface area contributed by atoms with Gasteiger partial charge in [-0.25, -0.2) is 0 Å². The molecule has 5 heteroatoms.